The molecule has 0 amide bonds. The minimum Gasteiger partial charge on any atom is -0.480 e. The van der Waals surface area contributed by atoms with Gasteiger partial charge in [0.2, 0.25) is 0 Å². The fourth-order valence-electron chi connectivity index (χ4n) is 0.327. The van der Waals surface area contributed by atoms with E-state index in [0.29, 0.717) is 11.9 Å². The molecule has 0 bridgehead atoms. The van der Waals surface area contributed by atoms with Crippen molar-refractivity contribution < 1.29 is 19.4 Å². The summed E-state index contributed by atoms with van der Waals surface area (Å²) in [6, 6.07) is -0.850. The highest BCUT2D eigenvalue weighted by Crippen LogP contribution is 2.01. The van der Waals surface area contributed by atoms with E-state index in [4.69, 9.17) is 5.11 Å². The summed E-state index contributed by atoms with van der Waals surface area (Å²) in [5.41, 5.74) is 0. The van der Waals surface area contributed by atoms with Gasteiger partial charge in [-0.1, -0.05) is 0 Å². The van der Waals surface area contributed by atoms with Gasteiger partial charge in [-0.05, 0) is 0 Å². The van der Waals surface area contributed by atoms with E-state index in [2.05, 4.69) is 22.1 Å². The minimum atomic E-state index is -1.05. The average molecular weight is 211 g/mol. The van der Waals surface area contributed by atoms with Crippen LogP contribution in [-0.4, -0.2) is 35.3 Å². The van der Waals surface area contributed by atoms with Gasteiger partial charge in [-0.2, -0.15) is 12.6 Å². The molecule has 0 aliphatic rings. The fourth-order valence-corrected chi connectivity index (χ4v) is 1.20. The molecule has 0 fully saturated rings. The topological polar surface area (TPSA) is 75.6 Å². The molecule has 12 heavy (non-hydrogen) atoms. The molecule has 0 rings (SSSR count). The molecule has 0 saturated carbocycles. The van der Waals surface area contributed by atoms with Gasteiger partial charge < -0.3 is 9.84 Å². The first-order valence-electron chi connectivity index (χ1n) is 2.95. The number of hydrogen-bond donors (Lipinski definition) is 3. The Labute approximate surface area is 79.4 Å². The number of aliphatic carboxylic acids is 1. The molecule has 0 aliphatic carbocycles. The number of rotatable bonds is 4. The van der Waals surface area contributed by atoms with Crippen LogP contribution >= 0.6 is 24.6 Å². The summed E-state index contributed by atoms with van der Waals surface area (Å²) in [6.07, 6.45) is 0. The SMILES string of the molecule is COC(=O)SN[C@@H](CS)C(=O)O. The summed E-state index contributed by atoms with van der Waals surface area (Å²) in [7, 11) is 1.22. The Kier molecular flexibility index (Phi) is 5.95. The third kappa shape index (κ3) is 4.47. The highest BCUT2D eigenvalue weighted by Gasteiger charge is 2.16. The molecule has 0 heterocycles. The first-order valence-corrected chi connectivity index (χ1v) is 4.40. The van der Waals surface area contributed by atoms with Crippen LogP contribution in [0.25, 0.3) is 0 Å². The van der Waals surface area contributed by atoms with Crippen LogP contribution in [0.4, 0.5) is 4.79 Å². The zero-order chi connectivity index (χ0) is 9.56. The molecule has 0 unspecified atom stereocenters. The van der Waals surface area contributed by atoms with Crippen molar-refractivity contribution in [3.63, 3.8) is 0 Å². The van der Waals surface area contributed by atoms with Gasteiger partial charge in [0.1, 0.15) is 6.04 Å². The van der Waals surface area contributed by atoms with Gasteiger partial charge in [0.15, 0.2) is 0 Å². The third-order valence-electron chi connectivity index (χ3n) is 0.932. The second-order valence-electron chi connectivity index (χ2n) is 1.75. The van der Waals surface area contributed by atoms with Crippen LogP contribution in [0.2, 0.25) is 0 Å². The van der Waals surface area contributed by atoms with Crippen molar-refractivity contribution in [1.82, 2.24) is 4.72 Å². The fraction of sp³-hybridized carbons (Fsp3) is 0.600. The zero-order valence-corrected chi connectivity index (χ0v) is 8.02. The lowest BCUT2D eigenvalue weighted by Gasteiger charge is -2.08. The maximum atomic E-state index is 10.5. The number of carboxylic acids is 1. The van der Waals surface area contributed by atoms with E-state index in [1.165, 1.54) is 7.11 Å². The second-order valence-corrected chi connectivity index (χ2v) is 2.89. The molecule has 5 nitrogen and oxygen atoms in total. The maximum absolute atomic E-state index is 10.5. The molecule has 0 saturated heterocycles. The summed E-state index contributed by atoms with van der Waals surface area (Å²) >= 11 is 4.37. The third-order valence-corrected chi connectivity index (χ3v) is 2.03. The van der Waals surface area contributed by atoms with Crippen LogP contribution in [0.5, 0.6) is 0 Å². The number of carboxylic acid groups (broad SMARTS) is 1. The van der Waals surface area contributed by atoms with Crippen LogP contribution in [0.15, 0.2) is 0 Å². The average Bonchev–Trinajstić information content (AvgIpc) is 2.04. The van der Waals surface area contributed by atoms with Crippen molar-refractivity contribution in [2.24, 2.45) is 0 Å². The van der Waals surface area contributed by atoms with Crippen molar-refractivity contribution in [2.75, 3.05) is 12.9 Å². The maximum Gasteiger partial charge on any atom is 0.382 e. The Morgan fingerprint density at radius 2 is 2.33 bits per heavy atom. The summed E-state index contributed by atoms with van der Waals surface area (Å²) in [5.74, 6) is -0.944. The minimum absolute atomic E-state index is 0.110. The molecular formula is C5H9NO4S2. The first kappa shape index (κ1) is 11.6. The van der Waals surface area contributed by atoms with Crippen molar-refractivity contribution in [3.8, 4) is 0 Å². The van der Waals surface area contributed by atoms with Crippen LogP contribution in [0.3, 0.4) is 0 Å². The predicted octanol–water partition coefficient (Wildman–Crippen LogP) is 0.374. The molecule has 0 radical (unpaired) electrons. The van der Waals surface area contributed by atoms with Crippen LogP contribution in [-0.2, 0) is 9.53 Å². The van der Waals surface area contributed by atoms with E-state index < -0.39 is 17.3 Å². The Balaban J connectivity index is 3.73. The molecule has 0 aromatic heterocycles. The molecule has 0 aromatic carbocycles. The molecular weight excluding hydrogens is 202 g/mol. The van der Waals surface area contributed by atoms with Gasteiger partial charge in [-0.3, -0.25) is 4.79 Å². The zero-order valence-electron chi connectivity index (χ0n) is 6.31. The highest BCUT2D eigenvalue weighted by molar-refractivity contribution is 8.11. The number of methoxy groups -OCH3 is 1. The van der Waals surface area contributed by atoms with E-state index in [9.17, 15) is 9.59 Å². The molecule has 1 atom stereocenters. The van der Waals surface area contributed by atoms with E-state index in [0.717, 1.165) is 0 Å². The Hall–Kier alpha value is -0.400. The lowest BCUT2D eigenvalue weighted by molar-refractivity contribution is -0.138. The monoisotopic (exact) mass is 211 g/mol. The van der Waals surface area contributed by atoms with Crippen molar-refractivity contribution >= 4 is 35.8 Å². The number of carbonyl (C=O) groups is 2. The van der Waals surface area contributed by atoms with Gasteiger partial charge in [-0.25, -0.2) is 9.52 Å². The predicted molar refractivity (Wildman–Crippen MR) is 48.4 cm³/mol. The molecule has 0 spiro atoms. The van der Waals surface area contributed by atoms with Crippen molar-refractivity contribution in [2.45, 2.75) is 6.04 Å². The number of ether oxygens (including phenoxy) is 1. The Morgan fingerprint density at radius 3 is 2.67 bits per heavy atom. The number of thiol groups is 1. The molecule has 70 valence electrons. The van der Waals surface area contributed by atoms with Crippen molar-refractivity contribution in [1.29, 1.82) is 0 Å². The molecule has 7 heteroatoms. The van der Waals surface area contributed by atoms with Crippen molar-refractivity contribution in [3.05, 3.63) is 0 Å². The summed E-state index contributed by atoms with van der Waals surface area (Å²) in [5, 5.41) is 7.90. The number of carbonyl (C=O) groups excluding carboxylic acids is 1. The second kappa shape index (κ2) is 6.15. The largest absolute Gasteiger partial charge is 0.480 e. The molecule has 0 aliphatic heterocycles. The lowest BCUT2D eigenvalue weighted by atomic mass is 10.4. The van der Waals surface area contributed by atoms with E-state index >= 15 is 0 Å². The van der Waals surface area contributed by atoms with Crippen LogP contribution in [0, 0.1) is 0 Å². The summed E-state index contributed by atoms with van der Waals surface area (Å²) < 4.78 is 6.65. The number of nitrogens with one attached hydrogen (secondary N) is 1. The Morgan fingerprint density at radius 1 is 1.75 bits per heavy atom. The molecule has 0 aromatic rings. The van der Waals surface area contributed by atoms with Crippen LogP contribution < -0.4 is 4.72 Å². The normalized spacial score (nSPS) is 12.2. The Bertz CT molecular complexity index is 175. The van der Waals surface area contributed by atoms with Gasteiger partial charge in [-0.15, -0.1) is 0 Å². The van der Waals surface area contributed by atoms with E-state index in [-0.39, 0.29) is 5.75 Å². The first-order chi connectivity index (χ1) is 5.61. The summed E-state index contributed by atoms with van der Waals surface area (Å²) in [6.45, 7) is 0. The van der Waals surface area contributed by atoms with Crippen LogP contribution in [0.1, 0.15) is 0 Å². The quantitative estimate of drug-likeness (QED) is 0.354. The van der Waals surface area contributed by atoms with Gasteiger partial charge in [0.25, 0.3) is 0 Å². The summed E-state index contributed by atoms with van der Waals surface area (Å²) in [4.78, 5) is 20.9. The smallest absolute Gasteiger partial charge is 0.382 e. The standard InChI is InChI=1S/C5H9NO4S2/c1-10-5(9)12-6-3(2-11)4(7)8/h3,6,11H,2H2,1H3,(H,7,8)/t3-/m0/s1. The molecule has 2 N–H and O–H groups in total. The number of hydrogen-bond acceptors (Lipinski definition) is 6. The van der Waals surface area contributed by atoms with Gasteiger partial charge in [0.05, 0.1) is 7.11 Å². The van der Waals surface area contributed by atoms with E-state index in [1.807, 2.05) is 0 Å². The van der Waals surface area contributed by atoms with Gasteiger partial charge >= 0.3 is 11.3 Å². The highest BCUT2D eigenvalue weighted by atomic mass is 32.2. The van der Waals surface area contributed by atoms with E-state index in [1.54, 1.807) is 0 Å². The van der Waals surface area contributed by atoms with Gasteiger partial charge in [0, 0.05) is 17.7 Å². The lowest BCUT2D eigenvalue weighted by Crippen LogP contribution is -2.34.